The van der Waals surface area contributed by atoms with Crippen molar-refractivity contribution < 1.29 is 4.79 Å². The first-order chi connectivity index (χ1) is 7.95. The molecule has 0 aliphatic rings. The van der Waals surface area contributed by atoms with Crippen LogP contribution >= 0.6 is 0 Å². The number of Topliss-reactive ketones (excluding diaryl/α,β-unsaturated/α-hetero) is 1. The van der Waals surface area contributed by atoms with E-state index in [0.717, 1.165) is 17.0 Å². The Morgan fingerprint density at radius 2 is 1.41 bits per heavy atom. The number of ketones is 1. The van der Waals surface area contributed by atoms with Crippen LogP contribution in [0.25, 0.3) is 5.57 Å². The highest BCUT2D eigenvalue weighted by atomic mass is 16.1. The second kappa shape index (κ2) is 5.53. The SMILES string of the molecule is CC(=O)C(=C(N(C)C)N(C)C)c1ccccc1. The summed E-state index contributed by atoms with van der Waals surface area (Å²) in [5.74, 6) is 0.998. The lowest BCUT2D eigenvalue weighted by Gasteiger charge is -2.27. The third kappa shape index (κ3) is 3.09. The third-order valence-corrected chi connectivity index (χ3v) is 2.49. The molecular formula is C14H20N2O. The molecule has 1 aromatic carbocycles. The Hall–Kier alpha value is -1.77. The fourth-order valence-electron chi connectivity index (χ4n) is 1.94. The highest BCUT2D eigenvalue weighted by Gasteiger charge is 2.17. The zero-order valence-electron chi connectivity index (χ0n) is 11.2. The molecule has 0 N–H and O–H groups in total. The maximum Gasteiger partial charge on any atom is 0.164 e. The van der Waals surface area contributed by atoms with Crippen molar-refractivity contribution >= 4 is 11.4 Å². The Kier molecular flexibility index (Phi) is 4.32. The van der Waals surface area contributed by atoms with E-state index >= 15 is 0 Å². The summed E-state index contributed by atoms with van der Waals surface area (Å²) in [6.07, 6.45) is 0. The standard InChI is InChI=1S/C14H20N2O/c1-11(17)13(12-9-7-6-8-10-12)14(15(2)3)16(4)5/h6-10H,1-5H3. The molecule has 3 nitrogen and oxygen atoms in total. The van der Waals surface area contributed by atoms with Gasteiger partial charge in [-0.15, -0.1) is 0 Å². The first-order valence-corrected chi connectivity index (χ1v) is 5.60. The summed E-state index contributed by atoms with van der Waals surface area (Å²) in [6.45, 7) is 1.61. The van der Waals surface area contributed by atoms with E-state index in [1.54, 1.807) is 6.92 Å². The molecule has 1 aromatic rings. The Morgan fingerprint density at radius 1 is 0.941 bits per heavy atom. The minimum absolute atomic E-state index is 0.0774. The average molecular weight is 232 g/mol. The molecule has 0 saturated carbocycles. The molecule has 0 saturated heterocycles. The second-order valence-corrected chi connectivity index (χ2v) is 4.41. The molecule has 3 heteroatoms. The van der Waals surface area contributed by atoms with E-state index in [2.05, 4.69) is 0 Å². The number of hydrogen-bond acceptors (Lipinski definition) is 3. The minimum atomic E-state index is 0.0774. The van der Waals surface area contributed by atoms with Crippen LogP contribution < -0.4 is 0 Å². The Balaban J connectivity index is 3.43. The molecule has 0 aromatic heterocycles. The molecule has 0 aliphatic heterocycles. The van der Waals surface area contributed by atoms with Crippen molar-refractivity contribution in [3.8, 4) is 0 Å². The van der Waals surface area contributed by atoms with Crippen LogP contribution in [-0.4, -0.2) is 43.8 Å². The molecule has 92 valence electrons. The molecule has 0 spiro atoms. The lowest BCUT2D eigenvalue weighted by molar-refractivity contribution is -0.112. The van der Waals surface area contributed by atoms with E-state index in [9.17, 15) is 4.79 Å². The van der Waals surface area contributed by atoms with E-state index in [1.165, 1.54) is 0 Å². The number of nitrogens with zero attached hydrogens (tertiary/aromatic N) is 2. The van der Waals surface area contributed by atoms with Gasteiger partial charge in [0.15, 0.2) is 5.78 Å². The quantitative estimate of drug-likeness (QED) is 0.742. The second-order valence-electron chi connectivity index (χ2n) is 4.41. The van der Waals surface area contributed by atoms with Gasteiger partial charge in [-0.1, -0.05) is 30.3 Å². The van der Waals surface area contributed by atoms with E-state index in [-0.39, 0.29) is 5.78 Å². The highest BCUT2D eigenvalue weighted by molar-refractivity contribution is 6.20. The van der Waals surface area contributed by atoms with Crippen molar-refractivity contribution in [1.29, 1.82) is 0 Å². The van der Waals surface area contributed by atoms with Gasteiger partial charge in [-0.3, -0.25) is 4.79 Å². The zero-order chi connectivity index (χ0) is 13.0. The van der Waals surface area contributed by atoms with Crippen LogP contribution in [0.5, 0.6) is 0 Å². The first-order valence-electron chi connectivity index (χ1n) is 5.60. The number of rotatable bonds is 4. The summed E-state index contributed by atoms with van der Waals surface area (Å²) < 4.78 is 0. The average Bonchev–Trinajstić information content (AvgIpc) is 2.25. The molecule has 0 heterocycles. The van der Waals surface area contributed by atoms with Crippen molar-refractivity contribution in [3.63, 3.8) is 0 Å². The summed E-state index contributed by atoms with van der Waals surface area (Å²) >= 11 is 0. The highest BCUT2D eigenvalue weighted by Crippen LogP contribution is 2.22. The fourth-order valence-corrected chi connectivity index (χ4v) is 1.94. The molecule has 0 unspecified atom stereocenters. The van der Waals surface area contributed by atoms with Gasteiger partial charge in [0.05, 0.1) is 5.57 Å². The third-order valence-electron chi connectivity index (χ3n) is 2.49. The van der Waals surface area contributed by atoms with E-state index in [0.29, 0.717) is 0 Å². The Bertz CT molecular complexity index is 409. The number of hydrogen-bond donors (Lipinski definition) is 0. The zero-order valence-corrected chi connectivity index (χ0v) is 11.2. The summed E-state index contributed by atoms with van der Waals surface area (Å²) in [4.78, 5) is 15.8. The number of allylic oxidation sites excluding steroid dienone is 1. The normalized spacial score (nSPS) is 9.71. The van der Waals surface area contributed by atoms with Gasteiger partial charge in [-0.25, -0.2) is 0 Å². The number of benzene rings is 1. The lowest BCUT2D eigenvalue weighted by atomic mass is 10.0. The van der Waals surface area contributed by atoms with Crippen LogP contribution in [0.4, 0.5) is 0 Å². The number of carbonyl (C=O) groups is 1. The summed E-state index contributed by atoms with van der Waals surface area (Å²) in [6, 6.07) is 9.77. The van der Waals surface area contributed by atoms with Crippen molar-refractivity contribution in [1.82, 2.24) is 9.80 Å². The molecule has 0 radical (unpaired) electrons. The Morgan fingerprint density at radius 3 is 1.76 bits per heavy atom. The largest absolute Gasteiger partial charge is 0.364 e. The molecule has 1 rings (SSSR count). The number of carbonyl (C=O) groups excluding carboxylic acids is 1. The van der Waals surface area contributed by atoms with Gasteiger partial charge in [0.1, 0.15) is 5.82 Å². The summed E-state index contributed by atoms with van der Waals surface area (Å²) in [5.41, 5.74) is 1.71. The predicted molar refractivity (Wildman–Crippen MR) is 71.4 cm³/mol. The van der Waals surface area contributed by atoms with Gasteiger partial charge < -0.3 is 9.80 Å². The maximum atomic E-state index is 11.9. The summed E-state index contributed by atoms with van der Waals surface area (Å²) in [5, 5.41) is 0. The van der Waals surface area contributed by atoms with Crippen molar-refractivity contribution in [2.24, 2.45) is 0 Å². The molecule has 0 amide bonds. The van der Waals surface area contributed by atoms with Crippen LogP contribution in [0.2, 0.25) is 0 Å². The van der Waals surface area contributed by atoms with Gasteiger partial charge in [-0.2, -0.15) is 0 Å². The topological polar surface area (TPSA) is 23.6 Å². The Labute approximate surface area is 103 Å². The summed E-state index contributed by atoms with van der Waals surface area (Å²) in [7, 11) is 7.78. The van der Waals surface area contributed by atoms with Crippen LogP contribution in [0.3, 0.4) is 0 Å². The maximum absolute atomic E-state index is 11.9. The van der Waals surface area contributed by atoms with Crippen molar-refractivity contribution in [2.45, 2.75) is 6.92 Å². The molecule has 0 bridgehead atoms. The molecule has 0 atom stereocenters. The van der Waals surface area contributed by atoms with Gasteiger partial charge in [0.2, 0.25) is 0 Å². The molecule has 0 aliphatic carbocycles. The monoisotopic (exact) mass is 232 g/mol. The van der Waals surface area contributed by atoms with Crippen LogP contribution in [0.1, 0.15) is 12.5 Å². The van der Waals surface area contributed by atoms with Crippen LogP contribution in [0.15, 0.2) is 36.2 Å². The van der Waals surface area contributed by atoms with Gasteiger partial charge >= 0.3 is 0 Å². The van der Waals surface area contributed by atoms with Crippen LogP contribution in [0, 0.1) is 0 Å². The minimum Gasteiger partial charge on any atom is -0.364 e. The van der Waals surface area contributed by atoms with Crippen molar-refractivity contribution in [3.05, 3.63) is 41.7 Å². The van der Waals surface area contributed by atoms with E-state index in [1.807, 2.05) is 68.3 Å². The first kappa shape index (κ1) is 13.3. The van der Waals surface area contributed by atoms with E-state index in [4.69, 9.17) is 0 Å². The van der Waals surface area contributed by atoms with E-state index < -0.39 is 0 Å². The fraction of sp³-hybridized carbons (Fsp3) is 0.357. The smallest absolute Gasteiger partial charge is 0.164 e. The van der Waals surface area contributed by atoms with Crippen LogP contribution in [-0.2, 0) is 4.79 Å². The molecule has 17 heavy (non-hydrogen) atoms. The molecular weight excluding hydrogens is 212 g/mol. The lowest BCUT2D eigenvalue weighted by Crippen LogP contribution is -2.27. The van der Waals surface area contributed by atoms with Crippen molar-refractivity contribution in [2.75, 3.05) is 28.2 Å². The molecule has 0 fully saturated rings. The van der Waals surface area contributed by atoms with Gasteiger partial charge in [0.25, 0.3) is 0 Å². The van der Waals surface area contributed by atoms with Gasteiger partial charge in [-0.05, 0) is 12.5 Å². The predicted octanol–water partition coefficient (Wildman–Crippen LogP) is 2.07. The van der Waals surface area contributed by atoms with Gasteiger partial charge in [0, 0.05) is 28.2 Å².